The molecule has 205 valence electrons. The molecule has 0 fully saturated rings. The molecule has 0 spiro atoms. The SMILES string of the molecule is CN=Cc1ccccc1O.[Ir].[c-]1ccccc1-c1nc2ccccc2s1.[c-]1ccccc1-c1nc2ccccc2s1. The van der Waals surface area contributed by atoms with Crippen LogP contribution in [0.5, 0.6) is 5.75 Å². The van der Waals surface area contributed by atoms with Crippen LogP contribution in [-0.4, -0.2) is 28.3 Å². The van der Waals surface area contributed by atoms with Gasteiger partial charge in [-0.3, -0.25) is 15.0 Å². The quantitative estimate of drug-likeness (QED) is 0.145. The molecule has 0 saturated carbocycles. The summed E-state index contributed by atoms with van der Waals surface area (Å²) in [7, 11) is 1.67. The number of nitrogens with zero attached hydrogens (tertiary/aromatic N) is 3. The van der Waals surface area contributed by atoms with Gasteiger partial charge in [0.15, 0.2) is 0 Å². The smallest absolute Gasteiger partial charge is 0.124 e. The maximum absolute atomic E-state index is 9.15. The number of hydrogen-bond acceptors (Lipinski definition) is 6. The Morgan fingerprint density at radius 2 is 1.10 bits per heavy atom. The minimum absolute atomic E-state index is 0. The molecule has 0 unspecified atom stereocenters. The van der Waals surface area contributed by atoms with Crippen molar-refractivity contribution in [2.24, 2.45) is 4.99 Å². The van der Waals surface area contributed by atoms with Crippen molar-refractivity contribution in [3.8, 4) is 26.9 Å². The first-order valence-electron chi connectivity index (χ1n) is 12.6. The number of hydrogen-bond donors (Lipinski definition) is 1. The zero-order valence-corrected chi connectivity index (χ0v) is 26.1. The van der Waals surface area contributed by atoms with E-state index in [2.05, 4.69) is 39.2 Å². The molecule has 0 amide bonds. The summed E-state index contributed by atoms with van der Waals surface area (Å²) in [4.78, 5) is 12.9. The Kier molecular flexibility index (Phi) is 11.1. The van der Waals surface area contributed by atoms with Gasteiger partial charge in [-0.25, -0.2) is 0 Å². The second kappa shape index (κ2) is 15.1. The Balaban J connectivity index is 0.000000143. The molecule has 1 radical (unpaired) electrons. The summed E-state index contributed by atoms with van der Waals surface area (Å²) in [6.45, 7) is 0. The summed E-state index contributed by atoms with van der Waals surface area (Å²) in [5.41, 5.74) is 5.02. The number of aromatic nitrogens is 2. The van der Waals surface area contributed by atoms with Crippen LogP contribution in [0.25, 0.3) is 41.6 Å². The van der Waals surface area contributed by atoms with Crippen LogP contribution in [0.15, 0.2) is 126 Å². The summed E-state index contributed by atoms with van der Waals surface area (Å²) in [5.74, 6) is 0.271. The van der Waals surface area contributed by atoms with Crippen LogP contribution in [0.1, 0.15) is 5.56 Å². The summed E-state index contributed by atoms with van der Waals surface area (Å²) in [5, 5.41) is 11.2. The molecule has 0 atom stereocenters. The van der Waals surface area contributed by atoms with Crippen LogP contribution >= 0.6 is 22.7 Å². The van der Waals surface area contributed by atoms with Gasteiger partial charge in [0.25, 0.3) is 0 Å². The first-order chi connectivity index (χ1) is 19.7. The fourth-order valence-electron chi connectivity index (χ4n) is 3.76. The molecule has 0 aliphatic heterocycles. The molecule has 0 aliphatic rings. The zero-order valence-electron chi connectivity index (χ0n) is 22.1. The summed E-state index contributed by atoms with van der Waals surface area (Å²) in [6.07, 6.45) is 1.62. The van der Waals surface area contributed by atoms with Gasteiger partial charge in [-0.05, 0) is 36.4 Å². The van der Waals surface area contributed by atoms with Crippen molar-refractivity contribution < 1.29 is 25.2 Å². The van der Waals surface area contributed by atoms with Gasteiger partial charge in [-0.1, -0.05) is 36.4 Å². The predicted molar refractivity (Wildman–Crippen MR) is 169 cm³/mol. The number of aliphatic imine (C=N–C) groups is 1. The number of rotatable bonds is 3. The molecule has 0 bridgehead atoms. The number of phenols is 1. The van der Waals surface area contributed by atoms with Crippen molar-refractivity contribution in [1.29, 1.82) is 0 Å². The van der Waals surface area contributed by atoms with E-state index in [0.29, 0.717) is 0 Å². The van der Waals surface area contributed by atoms with E-state index >= 15 is 0 Å². The van der Waals surface area contributed by atoms with Crippen molar-refractivity contribution in [2.75, 3.05) is 7.05 Å². The molecule has 7 aromatic rings. The van der Waals surface area contributed by atoms with Gasteiger partial charge >= 0.3 is 0 Å². The number of thiazole rings is 2. The van der Waals surface area contributed by atoms with E-state index in [-0.39, 0.29) is 25.9 Å². The van der Waals surface area contributed by atoms with E-state index in [1.54, 1.807) is 48.1 Å². The van der Waals surface area contributed by atoms with Crippen molar-refractivity contribution in [1.82, 2.24) is 9.97 Å². The zero-order chi connectivity index (χ0) is 27.6. The number of para-hydroxylation sites is 3. The molecule has 7 heteroatoms. The Morgan fingerprint density at radius 1 is 0.634 bits per heavy atom. The van der Waals surface area contributed by atoms with Crippen LogP contribution in [0.2, 0.25) is 0 Å². The molecule has 4 nitrogen and oxygen atoms in total. The minimum atomic E-state index is 0. The van der Waals surface area contributed by atoms with Gasteiger partial charge in [0, 0.05) is 58.3 Å². The Bertz CT molecular complexity index is 1660. The average molecular weight is 748 g/mol. The molecule has 7 rings (SSSR count). The van der Waals surface area contributed by atoms with Crippen molar-refractivity contribution in [2.45, 2.75) is 0 Å². The molecule has 5 aromatic carbocycles. The fourth-order valence-corrected chi connectivity index (χ4v) is 5.67. The van der Waals surface area contributed by atoms with Crippen molar-refractivity contribution in [3.05, 3.63) is 139 Å². The summed E-state index contributed by atoms with van der Waals surface area (Å²) >= 11 is 3.42. The van der Waals surface area contributed by atoms with E-state index in [0.717, 1.165) is 37.7 Å². The minimum Gasteiger partial charge on any atom is -0.507 e. The van der Waals surface area contributed by atoms with E-state index in [1.807, 2.05) is 97.1 Å². The van der Waals surface area contributed by atoms with E-state index in [4.69, 9.17) is 5.11 Å². The maximum Gasteiger partial charge on any atom is 0.124 e. The maximum atomic E-state index is 9.15. The molecular formula is C34H25IrN3OS2-2. The Morgan fingerprint density at radius 3 is 1.54 bits per heavy atom. The first-order valence-corrected chi connectivity index (χ1v) is 14.2. The van der Waals surface area contributed by atoms with Crippen molar-refractivity contribution >= 4 is 49.3 Å². The Hall–Kier alpha value is -4.00. The number of aromatic hydroxyl groups is 1. The third-order valence-corrected chi connectivity index (χ3v) is 7.81. The molecule has 41 heavy (non-hydrogen) atoms. The molecule has 1 N–H and O–H groups in total. The van der Waals surface area contributed by atoms with Crippen LogP contribution in [0, 0.1) is 12.1 Å². The molecule has 0 aliphatic carbocycles. The van der Waals surface area contributed by atoms with Gasteiger partial charge in [0.05, 0.1) is 11.0 Å². The van der Waals surface area contributed by atoms with E-state index < -0.39 is 0 Å². The largest absolute Gasteiger partial charge is 0.507 e. The van der Waals surface area contributed by atoms with Gasteiger partial charge in [-0.15, -0.1) is 71.8 Å². The third-order valence-electron chi connectivity index (χ3n) is 5.67. The summed E-state index contributed by atoms with van der Waals surface area (Å²) < 4.78 is 2.45. The normalized spacial score (nSPS) is 10.4. The topological polar surface area (TPSA) is 58.4 Å². The number of fused-ring (bicyclic) bond motifs is 2. The second-order valence-corrected chi connectivity index (χ2v) is 10.5. The van der Waals surface area contributed by atoms with E-state index in [9.17, 15) is 0 Å². The number of phenolic OH excluding ortho intramolecular Hbond substituents is 1. The third kappa shape index (κ3) is 8.03. The standard InChI is InChI=1S/2C13H8NS.C8H9NO.Ir/c2*1-2-6-10(7-3-1)13-14-11-8-4-5-9-12(11)15-13;1-9-6-7-4-2-3-5-8(7)10;/h2*1-6,8-9H;2-6,10H,1H3;/q2*-1;;. The molecule has 0 saturated heterocycles. The van der Waals surface area contributed by atoms with Gasteiger partial charge in [-0.2, -0.15) is 22.7 Å². The van der Waals surface area contributed by atoms with Crippen molar-refractivity contribution in [3.63, 3.8) is 0 Å². The van der Waals surface area contributed by atoms with Crippen LogP contribution in [0.4, 0.5) is 0 Å². The van der Waals surface area contributed by atoms with Gasteiger partial charge < -0.3 is 5.11 Å². The fraction of sp³-hybridized carbons (Fsp3) is 0.0294. The summed E-state index contributed by atoms with van der Waals surface area (Å²) in [6, 6.07) is 45.7. The van der Waals surface area contributed by atoms with E-state index in [1.165, 1.54) is 9.40 Å². The van der Waals surface area contributed by atoms with Crippen LogP contribution in [0.3, 0.4) is 0 Å². The molecule has 2 heterocycles. The molecule has 2 aromatic heterocycles. The Labute approximate surface area is 261 Å². The van der Waals surface area contributed by atoms with Gasteiger partial charge in [0.2, 0.25) is 0 Å². The number of benzene rings is 5. The molecular weight excluding hydrogens is 723 g/mol. The van der Waals surface area contributed by atoms with Gasteiger partial charge in [0.1, 0.15) is 5.75 Å². The first kappa shape index (κ1) is 30.0. The monoisotopic (exact) mass is 748 g/mol. The second-order valence-electron chi connectivity index (χ2n) is 8.47. The van der Waals surface area contributed by atoms with Crippen LogP contribution < -0.4 is 0 Å². The predicted octanol–water partition coefficient (Wildman–Crippen LogP) is 8.97. The average Bonchev–Trinajstić information content (AvgIpc) is 3.65. The van der Waals surface area contributed by atoms with Crippen LogP contribution in [-0.2, 0) is 20.1 Å².